The highest BCUT2D eigenvalue weighted by molar-refractivity contribution is 9.10. The van der Waals surface area contributed by atoms with Crippen molar-refractivity contribution in [3.63, 3.8) is 0 Å². The molecule has 1 N–H and O–H groups in total. The molecule has 0 spiro atoms. The Kier molecular flexibility index (Phi) is 4.95. The molecule has 1 amide bonds. The molecule has 108 valence electrons. The van der Waals surface area contributed by atoms with Gasteiger partial charge in [-0.3, -0.25) is 4.79 Å². The summed E-state index contributed by atoms with van der Waals surface area (Å²) in [6.07, 6.45) is 0.0911. The molecule has 1 aromatic carbocycles. The molecule has 0 atom stereocenters. The van der Waals surface area contributed by atoms with Crippen LogP contribution in [0, 0.1) is 16.7 Å². The number of hydrogen-bond acceptors (Lipinski definition) is 4. The molecule has 5 nitrogen and oxygen atoms in total. The van der Waals surface area contributed by atoms with E-state index >= 15 is 0 Å². The van der Waals surface area contributed by atoms with E-state index in [4.69, 9.17) is 5.26 Å². The third kappa shape index (κ3) is 4.62. The van der Waals surface area contributed by atoms with Gasteiger partial charge in [-0.05, 0) is 39.5 Å². The molecule has 1 rings (SSSR count). The summed E-state index contributed by atoms with van der Waals surface area (Å²) in [5, 5.41) is 8.88. The van der Waals surface area contributed by atoms with Gasteiger partial charge in [0, 0.05) is 10.9 Å². The van der Waals surface area contributed by atoms with Crippen molar-refractivity contribution < 1.29 is 13.2 Å². The van der Waals surface area contributed by atoms with Crippen LogP contribution < -0.4 is 4.72 Å². The number of halogens is 1. The lowest BCUT2D eigenvalue weighted by Crippen LogP contribution is -2.33. The van der Waals surface area contributed by atoms with Crippen molar-refractivity contribution in [1.82, 2.24) is 4.72 Å². The molecule has 0 aromatic heterocycles. The van der Waals surface area contributed by atoms with Gasteiger partial charge in [0.25, 0.3) is 10.0 Å². The third-order valence-corrected chi connectivity index (χ3v) is 4.37. The molecular weight excluding hydrogens is 344 g/mol. The Morgan fingerprint density at radius 1 is 1.40 bits per heavy atom. The van der Waals surface area contributed by atoms with Crippen LogP contribution in [0.1, 0.15) is 32.8 Å². The maximum absolute atomic E-state index is 12.1. The molecule has 7 heteroatoms. The highest BCUT2D eigenvalue weighted by atomic mass is 79.9. The van der Waals surface area contributed by atoms with Gasteiger partial charge in [0.15, 0.2) is 0 Å². The molecule has 0 aliphatic rings. The summed E-state index contributed by atoms with van der Waals surface area (Å²) >= 11 is 3.14. The fourth-order valence-corrected chi connectivity index (χ4v) is 2.83. The van der Waals surface area contributed by atoms with Crippen molar-refractivity contribution in [2.75, 3.05) is 0 Å². The standard InChI is InChI=1S/C13H15BrN2O3S/c1-13(2,3)7-12(17)16-20(18,19)10-4-5-11(14)9(6-10)8-15/h4-6H,7H2,1-3H3,(H,16,17). The van der Waals surface area contributed by atoms with Gasteiger partial charge in [0.1, 0.15) is 6.07 Å². The van der Waals surface area contributed by atoms with Gasteiger partial charge in [-0.1, -0.05) is 20.8 Å². The van der Waals surface area contributed by atoms with Gasteiger partial charge < -0.3 is 0 Å². The van der Waals surface area contributed by atoms with E-state index in [1.165, 1.54) is 18.2 Å². The number of benzene rings is 1. The minimum absolute atomic E-state index is 0.0911. The van der Waals surface area contributed by atoms with Crippen molar-refractivity contribution >= 4 is 31.9 Å². The number of amides is 1. The summed E-state index contributed by atoms with van der Waals surface area (Å²) in [6, 6.07) is 5.88. The second kappa shape index (κ2) is 5.94. The van der Waals surface area contributed by atoms with Gasteiger partial charge in [-0.2, -0.15) is 5.26 Å². The topological polar surface area (TPSA) is 87.0 Å². The fourth-order valence-electron chi connectivity index (χ4n) is 1.48. The first-order chi connectivity index (χ1) is 9.05. The molecule has 0 bridgehead atoms. The van der Waals surface area contributed by atoms with Crippen LogP contribution in [0.25, 0.3) is 0 Å². The predicted octanol–water partition coefficient (Wildman–Crippen LogP) is 2.56. The Morgan fingerprint density at radius 2 is 2.00 bits per heavy atom. The van der Waals surface area contributed by atoms with Crippen LogP contribution in [-0.2, 0) is 14.8 Å². The van der Waals surface area contributed by atoms with Crippen molar-refractivity contribution in [3.8, 4) is 6.07 Å². The average molecular weight is 359 g/mol. The first-order valence-corrected chi connectivity index (χ1v) is 8.08. The monoisotopic (exact) mass is 358 g/mol. The van der Waals surface area contributed by atoms with Crippen LogP contribution >= 0.6 is 15.9 Å². The molecule has 0 heterocycles. The molecule has 0 radical (unpaired) electrons. The van der Waals surface area contributed by atoms with E-state index in [-0.39, 0.29) is 22.3 Å². The van der Waals surface area contributed by atoms with E-state index in [9.17, 15) is 13.2 Å². The zero-order chi connectivity index (χ0) is 15.6. The summed E-state index contributed by atoms with van der Waals surface area (Å²) in [6.45, 7) is 5.52. The van der Waals surface area contributed by atoms with Crippen molar-refractivity contribution in [3.05, 3.63) is 28.2 Å². The molecule has 0 unspecified atom stereocenters. The third-order valence-electron chi connectivity index (χ3n) is 2.31. The molecular formula is C13H15BrN2O3S. The molecule has 0 fully saturated rings. The Labute approximate surface area is 127 Å². The number of nitrogens with zero attached hydrogens (tertiary/aromatic N) is 1. The first-order valence-electron chi connectivity index (χ1n) is 5.80. The zero-order valence-electron chi connectivity index (χ0n) is 11.4. The van der Waals surface area contributed by atoms with Gasteiger partial charge in [0.05, 0.1) is 10.5 Å². The molecule has 20 heavy (non-hydrogen) atoms. The number of hydrogen-bond donors (Lipinski definition) is 1. The van der Waals surface area contributed by atoms with Gasteiger partial charge in [0.2, 0.25) is 5.91 Å². The maximum atomic E-state index is 12.1. The van der Waals surface area contributed by atoms with E-state index in [0.29, 0.717) is 4.47 Å². The Morgan fingerprint density at radius 3 is 2.50 bits per heavy atom. The minimum Gasteiger partial charge on any atom is -0.274 e. The fraction of sp³-hybridized carbons (Fsp3) is 0.385. The lowest BCUT2D eigenvalue weighted by Gasteiger charge is -2.17. The molecule has 0 saturated heterocycles. The van der Waals surface area contributed by atoms with Crippen molar-refractivity contribution in [2.24, 2.45) is 5.41 Å². The highest BCUT2D eigenvalue weighted by Crippen LogP contribution is 2.21. The van der Waals surface area contributed by atoms with E-state index in [1.807, 2.05) is 31.6 Å². The first kappa shape index (κ1) is 16.7. The molecule has 0 aliphatic heterocycles. The summed E-state index contributed by atoms with van der Waals surface area (Å²) in [7, 11) is -3.95. The minimum atomic E-state index is -3.95. The summed E-state index contributed by atoms with van der Waals surface area (Å²) < 4.78 is 26.6. The zero-order valence-corrected chi connectivity index (χ0v) is 13.8. The van der Waals surface area contributed by atoms with Crippen LogP contribution in [0.3, 0.4) is 0 Å². The van der Waals surface area contributed by atoms with Crippen LogP contribution in [0.2, 0.25) is 0 Å². The smallest absolute Gasteiger partial charge is 0.264 e. The van der Waals surface area contributed by atoms with Crippen molar-refractivity contribution in [2.45, 2.75) is 32.1 Å². The SMILES string of the molecule is CC(C)(C)CC(=O)NS(=O)(=O)c1ccc(Br)c(C#N)c1. The number of carbonyl (C=O) groups is 1. The normalized spacial score (nSPS) is 11.8. The van der Waals surface area contributed by atoms with Crippen LogP contribution in [-0.4, -0.2) is 14.3 Å². The van der Waals surface area contributed by atoms with Gasteiger partial charge >= 0.3 is 0 Å². The van der Waals surface area contributed by atoms with Crippen LogP contribution in [0.15, 0.2) is 27.6 Å². The van der Waals surface area contributed by atoms with E-state index < -0.39 is 15.9 Å². The Bertz CT molecular complexity index is 670. The van der Waals surface area contributed by atoms with Gasteiger partial charge in [-0.15, -0.1) is 0 Å². The van der Waals surface area contributed by atoms with Crippen LogP contribution in [0.4, 0.5) is 0 Å². The second-order valence-corrected chi connectivity index (χ2v) is 8.06. The molecule has 0 saturated carbocycles. The van der Waals surface area contributed by atoms with Crippen LogP contribution in [0.5, 0.6) is 0 Å². The van der Waals surface area contributed by atoms with E-state index in [1.54, 1.807) is 0 Å². The summed E-state index contributed by atoms with van der Waals surface area (Å²) in [4.78, 5) is 11.6. The Hall–Kier alpha value is -1.39. The van der Waals surface area contributed by atoms with Crippen molar-refractivity contribution in [1.29, 1.82) is 5.26 Å². The number of nitrogens with one attached hydrogen (secondary N) is 1. The summed E-state index contributed by atoms with van der Waals surface area (Å²) in [5.74, 6) is -0.570. The number of carbonyl (C=O) groups excluding carboxylic acids is 1. The summed E-state index contributed by atoms with van der Waals surface area (Å²) in [5.41, 5.74) is -0.118. The number of sulfonamides is 1. The maximum Gasteiger partial charge on any atom is 0.264 e. The van der Waals surface area contributed by atoms with E-state index in [0.717, 1.165) is 0 Å². The Balaban J connectivity index is 3.01. The number of nitriles is 1. The van der Waals surface area contributed by atoms with Gasteiger partial charge in [-0.25, -0.2) is 13.1 Å². The largest absolute Gasteiger partial charge is 0.274 e. The lowest BCUT2D eigenvalue weighted by molar-refractivity contribution is -0.121. The number of rotatable bonds is 3. The quantitative estimate of drug-likeness (QED) is 0.899. The predicted molar refractivity (Wildman–Crippen MR) is 78.3 cm³/mol. The highest BCUT2D eigenvalue weighted by Gasteiger charge is 2.22. The lowest BCUT2D eigenvalue weighted by atomic mass is 9.92. The average Bonchev–Trinajstić information content (AvgIpc) is 2.25. The molecule has 1 aromatic rings. The molecule has 0 aliphatic carbocycles. The van der Waals surface area contributed by atoms with E-state index in [2.05, 4.69) is 15.9 Å². The second-order valence-electron chi connectivity index (χ2n) is 5.52.